The molecule has 0 radical (unpaired) electrons. The van der Waals surface area contributed by atoms with Crippen molar-refractivity contribution in [3.63, 3.8) is 0 Å². The highest BCUT2D eigenvalue weighted by Crippen LogP contribution is 2.16. The first-order valence-corrected chi connectivity index (χ1v) is 5.19. The number of carbonyl (C=O) groups is 2. The van der Waals surface area contributed by atoms with E-state index in [0.29, 0.717) is 13.0 Å². The number of hydrogen-bond donors (Lipinski definition) is 2. The van der Waals surface area contributed by atoms with E-state index in [1.165, 1.54) is 6.92 Å². The van der Waals surface area contributed by atoms with Crippen LogP contribution in [-0.4, -0.2) is 36.2 Å². The Morgan fingerprint density at radius 3 is 2.87 bits per heavy atom. The summed E-state index contributed by atoms with van der Waals surface area (Å²) in [6.07, 6.45) is 2.32. The van der Waals surface area contributed by atoms with Crippen LogP contribution in [0, 0.1) is 5.92 Å². The maximum absolute atomic E-state index is 11.4. The summed E-state index contributed by atoms with van der Waals surface area (Å²) >= 11 is 0. The monoisotopic (exact) mass is 215 g/mol. The fraction of sp³-hybridized carbons (Fsp3) is 0.800. The first-order valence-electron chi connectivity index (χ1n) is 5.19. The van der Waals surface area contributed by atoms with Gasteiger partial charge in [0, 0.05) is 19.6 Å². The molecular formula is C10H17NO4. The molecule has 86 valence electrons. The molecule has 1 saturated heterocycles. The summed E-state index contributed by atoms with van der Waals surface area (Å²) in [7, 11) is 0. The highest BCUT2D eigenvalue weighted by Gasteiger charge is 2.20. The van der Waals surface area contributed by atoms with Gasteiger partial charge >= 0.3 is 5.97 Å². The molecule has 0 saturated carbocycles. The molecule has 0 aromatic heterocycles. The van der Waals surface area contributed by atoms with Gasteiger partial charge in [-0.2, -0.15) is 0 Å². The number of carboxylic acid groups (broad SMARTS) is 1. The molecule has 1 fully saturated rings. The smallest absolute Gasteiger partial charge is 0.325 e. The minimum absolute atomic E-state index is 0.208. The third-order valence-corrected chi connectivity index (χ3v) is 2.48. The lowest BCUT2D eigenvalue weighted by atomic mass is 9.98. The predicted molar refractivity (Wildman–Crippen MR) is 53.4 cm³/mol. The second kappa shape index (κ2) is 5.70. The van der Waals surface area contributed by atoms with Crippen molar-refractivity contribution in [1.82, 2.24) is 5.32 Å². The van der Waals surface area contributed by atoms with E-state index in [1.54, 1.807) is 0 Å². The minimum Gasteiger partial charge on any atom is -0.480 e. The summed E-state index contributed by atoms with van der Waals surface area (Å²) in [5, 5.41) is 11.0. The Balaban J connectivity index is 2.25. The largest absolute Gasteiger partial charge is 0.480 e. The van der Waals surface area contributed by atoms with E-state index in [-0.39, 0.29) is 11.8 Å². The van der Waals surface area contributed by atoms with Crippen LogP contribution in [0.2, 0.25) is 0 Å². The highest BCUT2D eigenvalue weighted by molar-refractivity contribution is 5.83. The molecule has 0 aromatic carbocycles. The maximum atomic E-state index is 11.4. The van der Waals surface area contributed by atoms with Crippen molar-refractivity contribution >= 4 is 11.9 Å². The Bertz CT molecular complexity index is 236. The third-order valence-electron chi connectivity index (χ3n) is 2.48. The first-order chi connectivity index (χ1) is 7.09. The second-order valence-corrected chi connectivity index (χ2v) is 3.91. The highest BCUT2D eigenvalue weighted by atomic mass is 16.5. The van der Waals surface area contributed by atoms with Crippen molar-refractivity contribution in [3.8, 4) is 0 Å². The van der Waals surface area contributed by atoms with Crippen molar-refractivity contribution < 1.29 is 19.4 Å². The zero-order valence-electron chi connectivity index (χ0n) is 8.86. The molecule has 2 atom stereocenters. The Morgan fingerprint density at radius 2 is 2.33 bits per heavy atom. The topological polar surface area (TPSA) is 75.6 Å². The Labute approximate surface area is 88.8 Å². The van der Waals surface area contributed by atoms with Crippen LogP contribution in [0.5, 0.6) is 0 Å². The quantitative estimate of drug-likeness (QED) is 0.711. The number of amides is 1. The Kier molecular flexibility index (Phi) is 4.55. The van der Waals surface area contributed by atoms with Crippen LogP contribution >= 0.6 is 0 Å². The number of carboxylic acids is 1. The van der Waals surface area contributed by atoms with Gasteiger partial charge in [0.15, 0.2) is 0 Å². The maximum Gasteiger partial charge on any atom is 0.325 e. The van der Waals surface area contributed by atoms with Crippen molar-refractivity contribution in [2.45, 2.75) is 32.2 Å². The van der Waals surface area contributed by atoms with Crippen LogP contribution in [0.1, 0.15) is 26.2 Å². The van der Waals surface area contributed by atoms with Crippen LogP contribution in [0.3, 0.4) is 0 Å². The molecule has 0 spiro atoms. The Hall–Kier alpha value is -1.10. The van der Waals surface area contributed by atoms with E-state index in [0.717, 1.165) is 19.4 Å². The summed E-state index contributed by atoms with van der Waals surface area (Å²) in [5.41, 5.74) is 0. The Morgan fingerprint density at radius 1 is 1.60 bits per heavy atom. The van der Waals surface area contributed by atoms with E-state index < -0.39 is 12.0 Å². The first kappa shape index (κ1) is 12.0. The number of nitrogens with one attached hydrogen (secondary N) is 1. The molecule has 1 amide bonds. The van der Waals surface area contributed by atoms with Gasteiger partial charge in [0.1, 0.15) is 6.04 Å². The van der Waals surface area contributed by atoms with Crippen molar-refractivity contribution in [2.24, 2.45) is 5.92 Å². The molecule has 1 unspecified atom stereocenters. The van der Waals surface area contributed by atoms with Crippen LogP contribution in [-0.2, 0) is 14.3 Å². The zero-order chi connectivity index (χ0) is 11.3. The molecule has 1 rings (SSSR count). The van der Waals surface area contributed by atoms with E-state index in [1.807, 2.05) is 0 Å². The van der Waals surface area contributed by atoms with Crippen molar-refractivity contribution in [2.75, 3.05) is 13.2 Å². The van der Waals surface area contributed by atoms with Gasteiger partial charge in [-0.3, -0.25) is 9.59 Å². The number of rotatable bonds is 4. The molecule has 15 heavy (non-hydrogen) atoms. The van der Waals surface area contributed by atoms with Crippen molar-refractivity contribution in [1.29, 1.82) is 0 Å². The van der Waals surface area contributed by atoms with Gasteiger partial charge in [0.25, 0.3) is 0 Å². The molecule has 1 heterocycles. The SMILES string of the molecule is C[C@H](NC(=O)CC1CCCOC1)C(=O)O. The normalized spacial score (nSPS) is 23.1. The number of hydrogen-bond acceptors (Lipinski definition) is 3. The number of ether oxygens (including phenoxy) is 1. The predicted octanol–water partition coefficient (Wildman–Crippen LogP) is 0.392. The summed E-state index contributed by atoms with van der Waals surface area (Å²) in [6, 6.07) is -0.818. The molecule has 0 aromatic rings. The van der Waals surface area contributed by atoms with Gasteiger partial charge < -0.3 is 15.2 Å². The molecule has 1 aliphatic rings. The molecule has 2 N–H and O–H groups in total. The van der Waals surface area contributed by atoms with Gasteiger partial charge in [-0.25, -0.2) is 0 Å². The lowest BCUT2D eigenvalue weighted by Crippen LogP contribution is -2.39. The van der Waals surface area contributed by atoms with Crippen LogP contribution in [0.15, 0.2) is 0 Å². The zero-order valence-corrected chi connectivity index (χ0v) is 8.86. The van der Waals surface area contributed by atoms with E-state index in [9.17, 15) is 9.59 Å². The van der Waals surface area contributed by atoms with Gasteiger partial charge in [0.05, 0.1) is 0 Å². The molecular weight excluding hydrogens is 198 g/mol. The molecule has 0 aliphatic carbocycles. The number of aliphatic carboxylic acids is 1. The summed E-state index contributed by atoms with van der Waals surface area (Å²) in [4.78, 5) is 21.9. The van der Waals surface area contributed by atoms with Gasteiger partial charge in [-0.15, -0.1) is 0 Å². The second-order valence-electron chi connectivity index (χ2n) is 3.91. The lowest BCUT2D eigenvalue weighted by Gasteiger charge is -2.21. The molecule has 0 bridgehead atoms. The average Bonchev–Trinajstić information content (AvgIpc) is 2.18. The van der Waals surface area contributed by atoms with E-state index in [2.05, 4.69) is 5.32 Å². The standard InChI is InChI=1S/C10H17NO4/c1-7(10(13)14)11-9(12)5-8-3-2-4-15-6-8/h7-8H,2-6H2,1H3,(H,11,12)(H,13,14)/t7-,8?/m0/s1. The average molecular weight is 215 g/mol. The summed E-state index contributed by atoms with van der Waals surface area (Å²) in [5.74, 6) is -0.983. The van der Waals surface area contributed by atoms with Gasteiger partial charge in [0.2, 0.25) is 5.91 Å². The van der Waals surface area contributed by atoms with E-state index in [4.69, 9.17) is 9.84 Å². The molecule has 1 aliphatic heterocycles. The molecule has 5 nitrogen and oxygen atoms in total. The fourth-order valence-electron chi connectivity index (χ4n) is 1.59. The van der Waals surface area contributed by atoms with Crippen LogP contribution in [0.25, 0.3) is 0 Å². The summed E-state index contributed by atoms with van der Waals surface area (Å²) in [6.45, 7) is 2.83. The van der Waals surface area contributed by atoms with Crippen LogP contribution in [0.4, 0.5) is 0 Å². The summed E-state index contributed by atoms with van der Waals surface area (Å²) < 4.78 is 5.24. The lowest BCUT2D eigenvalue weighted by molar-refractivity contribution is -0.141. The van der Waals surface area contributed by atoms with E-state index >= 15 is 0 Å². The van der Waals surface area contributed by atoms with Gasteiger partial charge in [-0.05, 0) is 25.7 Å². The molecule has 5 heteroatoms. The van der Waals surface area contributed by atoms with Gasteiger partial charge in [-0.1, -0.05) is 0 Å². The minimum atomic E-state index is -1.01. The fourth-order valence-corrected chi connectivity index (χ4v) is 1.59. The van der Waals surface area contributed by atoms with Crippen LogP contribution < -0.4 is 5.32 Å². The number of carbonyl (C=O) groups excluding carboxylic acids is 1. The third kappa shape index (κ3) is 4.29. The van der Waals surface area contributed by atoms with Crippen molar-refractivity contribution in [3.05, 3.63) is 0 Å².